The van der Waals surface area contributed by atoms with Gasteiger partial charge in [-0.15, -0.1) is 0 Å². The molecule has 0 saturated carbocycles. The van der Waals surface area contributed by atoms with Gasteiger partial charge in [-0.1, -0.05) is 0 Å². The molecule has 0 saturated heterocycles. The number of rotatable bonds is 5. The molecular weight excluding hydrogens is 186 g/mol. The van der Waals surface area contributed by atoms with Gasteiger partial charge in [0.2, 0.25) is 0 Å². The zero-order chi connectivity index (χ0) is 9.61. The summed E-state index contributed by atoms with van der Waals surface area (Å²) >= 11 is 3.86. The van der Waals surface area contributed by atoms with Crippen LogP contribution in [0.4, 0.5) is 8.78 Å². The lowest BCUT2D eigenvalue weighted by atomic mass is 10.1. The van der Waals surface area contributed by atoms with E-state index in [1.54, 1.807) is 0 Å². The van der Waals surface area contributed by atoms with Gasteiger partial charge in [0, 0.05) is 6.42 Å². The molecule has 0 heterocycles. The van der Waals surface area contributed by atoms with Gasteiger partial charge in [-0.2, -0.15) is 21.4 Å². The van der Waals surface area contributed by atoms with Gasteiger partial charge in [-0.25, -0.2) is 4.79 Å². The lowest BCUT2D eigenvalue weighted by Gasteiger charge is -2.12. The van der Waals surface area contributed by atoms with Crippen molar-refractivity contribution < 1.29 is 18.3 Å². The highest BCUT2D eigenvalue weighted by atomic mass is 32.1. The summed E-state index contributed by atoms with van der Waals surface area (Å²) in [6, 6.07) is 0. The quantitative estimate of drug-likeness (QED) is 0.415. The van der Waals surface area contributed by atoms with Crippen molar-refractivity contribution in [3.63, 3.8) is 0 Å². The Morgan fingerprint density at radius 1 is 1.50 bits per heavy atom. The smallest absolute Gasteiger partial charge is 0.376 e. The number of hydrogen-bond donors (Lipinski definition) is 1. The topological polar surface area (TPSA) is 26.3 Å². The standard InChI is InChI=1S/C7H12F2O2S/c1-11-6(10)7(8,9)4-2-3-5-12/h12H,2-5H2,1H3. The Morgan fingerprint density at radius 2 is 2.08 bits per heavy atom. The molecule has 0 rings (SSSR count). The second-order valence-corrected chi connectivity index (χ2v) is 2.82. The number of esters is 1. The van der Waals surface area contributed by atoms with E-state index in [1.807, 2.05) is 0 Å². The summed E-state index contributed by atoms with van der Waals surface area (Å²) in [5.74, 6) is -4.24. The molecule has 0 aliphatic heterocycles. The van der Waals surface area contributed by atoms with E-state index in [4.69, 9.17) is 0 Å². The van der Waals surface area contributed by atoms with Crippen LogP contribution in [0, 0.1) is 0 Å². The first kappa shape index (κ1) is 11.7. The van der Waals surface area contributed by atoms with Crippen LogP contribution in [0.3, 0.4) is 0 Å². The van der Waals surface area contributed by atoms with Crippen LogP contribution in [-0.2, 0) is 9.53 Å². The molecule has 0 atom stereocenters. The number of ether oxygens (including phenoxy) is 1. The highest BCUT2D eigenvalue weighted by Gasteiger charge is 2.38. The molecule has 0 unspecified atom stereocenters. The fourth-order valence-corrected chi connectivity index (χ4v) is 0.934. The minimum atomic E-state index is -3.34. The summed E-state index contributed by atoms with van der Waals surface area (Å²) in [6.07, 6.45) is 0.404. The van der Waals surface area contributed by atoms with Crippen LogP contribution in [-0.4, -0.2) is 24.8 Å². The highest BCUT2D eigenvalue weighted by Crippen LogP contribution is 2.22. The largest absolute Gasteiger partial charge is 0.465 e. The van der Waals surface area contributed by atoms with E-state index in [9.17, 15) is 13.6 Å². The Kier molecular flexibility index (Phi) is 5.20. The van der Waals surface area contributed by atoms with Crippen molar-refractivity contribution >= 4 is 18.6 Å². The summed E-state index contributed by atoms with van der Waals surface area (Å²) in [5, 5.41) is 0. The average molecular weight is 198 g/mol. The van der Waals surface area contributed by atoms with Crippen molar-refractivity contribution in [3.8, 4) is 0 Å². The Balaban J connectivity index is 3.78. The van der Waals surface area contributed by atoms with Crippen LogP contribution < -0.4 is 0 Å². The van der Waals surface area contributed by atoms with E-state index in [2.05, 4.69) is 17.4 Å². The molecule has 0 aromatic heterocycles. The summed E-state index contributed by atoms with van der Waals surface area (Å²) < 4.78 is 29.2. The van der Waals surface area contributed by atoms with Crippen LogP contribution in [0.2, 0.25) is 0 Å². The second kappa shape index (κ2) is 5.35. The van der Waals surface area contributed by atoms with E-state index < -0.39 is 18.3 Å². The number of methoxy groups -OCH3 is 1. The van der Waals surface area contributed by atoms with Crippen LogP contribution in [0.5, 0.6) is 0 Å². The first-order chi connectivity index (χ1) is 5.54. The number of unbranched alkanes of at least 4 members (excludes halogenated alkanes) is 1. The monoisotopic (exact) mass is 198 g/mol. The second-order valence-electron chi connectivity index (χ2n) is 2.38. The van der Waals surface area contributed by atoms with E-state index in [0.717, 1.165) is 7.11 Å². The molecule has 0 aliphatic carbocycles. The third-order valence-corrected chi connectivity index (χ3v) is 1.70. The maximum Gasteiger partial charge on any atom is 0.376 e. The van der Waals surface area contributed by atoms with Crippen molar-refractivity contribution in [2.45, 2.75) is 25.2 Å². The first-order valence-electron chi connectivity index (χ1n) is 3.61. The lowest BCUT2D eigenvalue weighted by Crippen LogP contribution is -2.29. The van der Waals surface area contributed by atoms with Gasteiger partial charge in [0.15, 0.2) is 0 Å². The molecule has 0 bridgehead atoms. The number of thiol groups is 1. The fourth-order valence-electron chi connectivity index (χ4n) is 0.710. The molecule has 0 fully saturated rings. The predicted octanol–water partition coefficient (Wildman–Crippen LogP) is 1.89. The van der Waals surface area contributed by atoms with E-state index in [1.165, 1.54) is 0 Å². The molecular formula is C7H12F2O2S. The van der Waals surface area contributed by atoms with E-state index >= 15 is 0 Å². The van der Waals surface area contributed by atoms with Crippen molar-refractivity contribution in [2.75, 3.05) is 12.9 Å². The minimum absolute atomic E-state index is 0.283. The van der Waals surface area contributed by atoms with Crippen molar-refractivity contribution in [1.82, 2.24) is 0 Å². The van der Waals surface area contributed by atoms with Crippen molar-refractivity contribution in [1.29, 1.82) is 0 Å². The van der Waals surface area contributed by atoms with Gasteiger partial charge in [0.05, 0.1) is 7.11 Å². The number of hydrogen-bond acceptors (Lipinski definition) is 3. The SMILES string of the molecule is COC(=O)C(F)(F)CCCCS. The minimum Gasteiger partial charge on any atom is -0.465 e. The van der Waals surface area contributed by atoms with Gasteiger partial charge in [-0.3, -0.25) is 0 Å². The highest BCUT2D eigenvalue weighted by molar-refractivity contribution is 7.80. The fraction of sp³-hybridized carbons (Fsp3) is 0.857. The maximum absolute atomic E-state index is 12.6. The average Bonchev–Trinajstić information content (AvgIpc) is 2.03. The van der Waals surface area contributed by atoms with E-state index in [-0.39, 0.29) is 6.42 Å². The number of carbonyl (C=O) groups excluding carboxylic acids is 1. The molecule has 72 valence electrons. The summed E-state index contributed by atoms with van der Waals surface area (Å²) in [4.78, 5) is 10.4. The van der Waals surface area contributed by atoms with Crippen molar-refractivity contribution in [2.24, 2.45) is 0 Å². The molecule has 0 radical (unpaired) electrons. The molecule has 0 aromatic carbocycles. The van der Waals surface area contributed by atoms with Crippen LogP contribution in [0.1, 0.15) is 19.3 Å². The van der Waals surface area contributed by atoms with E-state index in [0.29, 0.717) is 12.2 Å². The van der Waals surface area contributed by atoms with Crippen molar-refractivity contribution in [3.05, 3.63) is 0 Å². The third-order valence-electron chi connectivity index (χ3n) is 1.38. The molecule has 0 aliphatic rings. The van der Waals surface area contributed by atoms with Gasteiger partial charge in [-0.05, 0) is 18.6 Å². The maximum atomic E-state index is 12.6. The Labute approximate surface area is 75.7 Å². The lowest BCUT2D eigenvalue weighted by molar-refractivity contribution is -0.169. The summed E-state index contributed by atoms with van der Waals surface area (Å²) in [5.41, 5.74) is 0. The molecule has 0 N–H and O–H groups in total. The Bertz CT molecular complexity index is 150. The molecule has 0 spiro atoms. The van der Waals surface area contributed by atoms with Crippen LogP contribution in [0.15, 0.2) is 0 Å². The predicted molar refractivity (Wildman–Crippen MR) is 44.7 cm³/mol. The van der Waals surface area contributed by atoms with Crippen LogP contribution >= 0.6 is 12.6 Å². The van der Waals surface area contributed by atoms with Gasteiger partial charge in [0.1, 0.15) is 0 Å². The number of alkyl halides is 2. The Morgan fingerprint density at radius 3 is 2.50 bits per heavy atom. The first-order valence-corrected chi connectivity index (χ1v) is 4.25. The zero-order valence-electron chi connectivity index (χ0n) is 6.85. The normalized spacial score (nSPS) is 11.3. The summed E-state index contributed by atoms with van der Waals surface area (Å²) in [6.45, 7) is 0. The number of halogens is 2. The van der Waals surface area contributed by atoms with Gasteiger partial charge < -0.3 is 4.74 Å². The molecule has 0 aromatic rings. The van der Waals surface area contributed by atoms with Crippen LogP contribution in [0.25, 0.3) is 0 Å². The summed E-state index contributed by atoms with van der Waals surface area (Å²) in [7, 11) is 0.953. The molecule has 5 heteroatoms. The molecule has 2 nitrogen and oxygen atoms in total. The molecule has 0 amide bonds. The molecule has 12 heavy (non-hydrogen) atoms. The van der Waals surface area contributed by atoms with Gasteiger partial charge in [0.25, 0.3) is 0 Å². The number of carbonyl (C=O) groups is 1. The third kappa shape index (κ3) is 3.90. The zero-order valence-corrected chi connectivity index (χ0v) is 7.74. The van der Waals surface area contributed by atoms with Gasteiger partial charge >= 0.3 is 11.9 Å². The Hall–Kier alpha value is -0.320.